The van der Waals surface area contributed by atoms with Crippen LogP contribution in [0.15, 0.2) is 54.9 Å². The van der Waals surface area contributed by atoms with Gasteiger partial charge in [0.1, 0.15) is 11.4 Å². The highest BCUT2D eigenvalue weighted by atomic mass is 19.4. The molecule has 4 rings (SSSR count). The lowest BCUT2D eigenvalue weighted by Crippen LogP contribution is -2.19. The van der Waals surface area contributed by atoms with Crippen molar-refractivity contribution in [3.05, 3.63) is 72.1 Å². The maximum Gasteiger partial charge on any atom is 0.416 e. The van der Waals surface area contributed by atoms with Gasteiger partial charge in [0.05, 0.1) is 29.3 Å². The van der Waals surface area contributed by atoms with E-state index in [0.717, 1.165) is 30.3 Å². The van der Waals surface area contributed by atoms with Crippen molar-refractivity contribution in [1.29, 1.82) is 0 Å². The Bertz CT molecular complexity index is 1330. The Morgan fingerprint density at radius 2 is 1.76 bits per heavy atom. The Kier molecular flexibility index (Phi) is 5.62. The van der Waals surface area contributed by atoms with Gasteiger partial charge < -0.3 is 20.4 Å². The second-order valence-electron chi connectivity index (χ2n) is 6.88. The molecule has 0 unspecified atom stereocenters. The SMILES string of the molecule is COc1ccc(F)c(F)c1-c1ccnc2[nH]cc(NC(=O)Nc3ccc(C(F)(F)F)cc3)c12. The zero-order valence-electron chi connectivity index (χ0n) is 16.8. The molecule has 33 heavy (non-hydrogen) atoms. The fourth-order valence-electron chi connectivity index (χ4n) is 3.34. The molecule has 11 heteroatoms. The number of aromatic amines is 1. The van der Waals surface area contributed by atoms with Crippen LogP contribution in [-0.2, 0) is 6.18 Å². The van der Waals surface area contributed by atoms with Crippen LogP contribution in [0.25, 0.3) is 22.2 Å². The summed E-state index contributed by atoms with van der Waals surface area (Å²) in [5, 5.41) is 5.24. The first-order valence-electron chi connectivity index (χ1n) is 9.42. The first-order valence-corrected chi connectivity index (χ1v) is 9.42. The number of methoxy groups -OCH3 is 1. The number of halogens is 5. The van der Waals surface area contributed by atoms with Crippen LogP contribution in [0.3, 0.4) is 0 Å². The minimum absolute atomic E-state index is 0.0720. The maximum absolute atomic E-state index is 14.7. The summed E-state index contributed by atoms with van der Waals surface area (Å²) in [5.74, 6) is -2.15. The second-order valence-corrected chi connectivity index (χ2v) is 6.88. The predicted octanol–water partition coefficient (Wildman–Crippen LogP) is 6.18. The zero-order valence-corrected chi connectivity index (χ0v) is 16.8. The fraction of sp³-hybridized carbons (Fsp3) is 0.0909. The van der Waals surface area contributed by atoms with Crippen LogP contribution < -0.4 is 15.4 Å². The minimum Gasteiger partial charge on any atom is -0.496 e. The number of amides is 2. The maximum atomic E-state index is 14.7. The summed E-state index contributed by atoms with van der Waals surface area (Å²) in [5.41, 5.74) is -0.217. The summed E-state index contributed by atoms with van der Waals surface area (Å²) in [6.45, 7) is 0. The minimum atomic E-state index is -4.50. The number of aromatic nitrogens is 2. The van der Waals surface area contributed by atoms with Crippen LogP contribution in [0.4, 0.5) is 38.1 Å². The third-order valence-corrected chi connectivity index (χ3v) is 4.84. The number of carbonyl (C=O) groups is 1. The van der Waals surface area contributed by atoms with Crippen LogP contribution in [0.2, 0.25) is 0 Å². The zero-order chi connectivity index (χ0) is 23.8. The smallest absolute Gasteiger partial charge is 0.416 e. The van der Waals surface area contributed by atoms with E-state index >= 15 is 0 Å². The van der Waals surface area contributed by atoms with Crippen LogP contribution in [-0.4, -0.2) is 23.1 Å². The van der Waals surface area contributed by atoms with Crippen molar-refractivity contribution in [2.75, 3.05) is 17.7 Å². The molecule has 170 valence electrons. The number of urea groups is 1. The number of alkyl halides is 3. The lowest BCUT2D eigenvalue weighted by molar-refractivity contribution is -0.137. The summed E-state index contributed by atoms with van der Waals surface area (Å²) >= 11 is 0. The third-order valence-electron chi connectivity index (χ3n) is 4.84. The van der Waals surface area contributed by atoms with Gasteiger partial charge in [-0.3, -0.25) is 0 Å². The quantitative estimate of drug-likeness (QED) is 0.317. The van der Waals surface area contributed by atoms with E-state index in [1.165, 1.54) is 31.6 Å². The number of benzene rings is 2. The number of hydrogen-bond donors (Lipinski definition) is 3. The molecule has 0 fully saturated rings. The van der Waals surface area contributed by atoms with Gasteiger partial charge >= 0.3 is 12.2 Å². The normalized spacial score (nSPS) is 11.5. The number of rotatable bonds is 4. The molecule has 0 spiro atoms. The molecule has 2 aromatic carbocycles. The highest BCUT2D eigenvalue weighted by molar-refractivity contribution is 6.10. The summed E-state index contributed by atoms with van der Waals surface area (Å²) in [4.78, 5) is 19.4. The molecular weight excluding hydrogens is 447 g/mol. The Morgan fingerprint density at radius 1 is 1.03 bits per heavy atom. The topological polar surface area (TPSA) is 79.0 Å². The highest BCUT2D eigenvalue weighted by Gasteiger charge is 2.30. The number of H-pyrrole nitrogens is 1. The molecule has 0 atom stereocenters. The molecule has 2 heterocycles. The van der Waals surface area contributed by atoms with Gasteiger partial charge in [-0.05, 0) is 42.5 Å². The van der Waals surface area contributed by atoms with E-state index in [-0.39, 0.29) is 39.3 Å². The number of pyridine rings is 1. The average molecular weight is 462 g/mol. The predicted molar refractivity (Wildman–Crippen MR) is 112 cm³/mol. The van der Waals surface area contributed by atoms with E-state index in [0.29, 0.717) is 0 Å². The van der Waals surface area contributed by atoms with E-state index in [1.54, 1.807) is 0 Å². The molecule has 0 aliphatic rings. The van der Waals surface area contributed by atoms with Gasteiger partial charge in [-0.2, -0.15) is 13.2 Å². The van der Waals surface area contributed by atoms with Crippen molar-refractivity contribution >= 4 is 28.4 Å². The molecule has 2 amide bonds. The van der Waals surface area contributed by atoms with E-state index in [1.807, 2.05) is 0 Å². The van der Waals surface area contributed by atoms with Gasteiger partial charge in [-0.15, -0.1) is 0 Å². The lowest BCUT2D eigenvalue weighted by Gasteiger charge is -2.13. The van der Waals surface area contributed by atoms with Crippen molar-refractivity contribution in [2.45, 2.75) is 6.18 Å². The van der Waals surface area contributed by atoms with E-state index < -0.39 is 29.4 Å². The highest BCUT2D eigenvalue weighted by Crippen LogP contribution is 2.40. The van der Waals surface area contributed by atoms with Crippen LogP contribution in [0.1, 0.15) is 5.56 Å². The summed E-state index contributed by atoms with van der Waals surface area (Å²) in [6, 6.07) is 6.77. The number of nitrogens with one attached hydrogen (secondary N) is 3. The number of ether oxygens (including phenoxy) is 1. The molecular formula is C22H15F5N4O2. The van der Waals surface area contributed by atoms with Crippen molar-refractivity contribution in [2.24, 2.45) is 0 Å². The van der Waals surface area contributed by atoms with Gasteiger partial charge in [-0.25, -0.2) is 18.6 Å². The number of carbonyl (C=O) groups excluding carboxylic acids is 1. The van der Waals surface area contributed by atoms with E-state index in [9.17, 15) is 26.7 Å². The van der Waals surface area contributed by atoms with Crippen molar-refractivity contribution in [1.82, 2.24) is 9.97 Å². The van der Waals surface area contributed by atoms with E-state index in [2.05, 4.69) is 20.6 Å². The molecule has 0 saturated heterocycles. The Labute approximate surface area is 183 Å². The molecule has 0 aliphatic heterocycles. The van der Waals surface area contributed by atoms with Gasteiger partial charge in [-0.1, -0.05) is 0 Å². The number of hydrogen-bond acceptors (Lipinski definition) is 3. The molecule has 6 nitrogen and oxygen atoms in total. The van der Waals surface area contributed by atoms with Crippen molar-refractivity contribution in [3.63, 3.8) is 0 Å². The molecule has 0 saturated carbocycles. The van der Waals surface area contributed by atoms with Gasteiger partial charge in [0.2, 0.25) is 0 Å². The average Bonchev–Trinajstić information content (AvgIpc) is 3.18. The standard InChI is InChI=1S/C22H15F5N4O2/c1-33-16-7-6-14(23)19(24)18(16)13-8-9-28-20-17(13)15(10-29-20)31-21(32)30-12-4-2-11(3-5-12)22(25,26)27/h2-10H,1H3,(H,28,29)(H2,30,31,32). The molecule has 4 aromatic rings. The first-order chi connectivity index (χ1) is 15.7. The first kappa shape index (κ1) is 22.1. The monoisotopic (exact) mass is 462 g/mol. The van der Waals surface area contributed by atoms with Crippen molar-refractivity contribution < 1.29 is 31.5 Å². The number of nitrogens with zero attached hydrogens (tertiary/aromatic N) is 1. The van der Waals surface area contributed by atoms with Gasteiger partial charge in [0.15, 0.2) is 11.6 Å². The fourth-order valence-corrected chi connectivity index (χ4v) is 3.34. The van der Waals surface area contributed by atoms with Gasteiger partial charge in [0.25, 0.3) is 0 Å². The van der Waals surface area contributed by atoms with Crippen LogP contribution in [0.5, 0.6) is 5.75 Å². The Morgan fingerprint density at radius 3 is 2.42 bits per heavy atom. The Hall–Kier alpha value is -4.15. The number of fused-ring (bicyclic) bond motifs is 1. The lowest BCUT2D eigenvalue weighted by atomic mass is 10.0. The van der Waals surface area contributed by atoms with Crippen LogP contribution in [0, 0.1) is 11.6 Å². The second kappa shape index (κ2) is 8.41. The molecule has 0 aliphatic carbocycles. The molecule has 3 N–H and O–H groups in total. The van der Waals surface area contributed by atoms with Crippen molar-refractivity contribution in [3.8, 4) is 16.9 Å². The summed E-state index contributed by atoms with van der Waals surface area (Å²) < 4.78 is 71.9. The van der Waals surface area contributed by atoms with Crippen LogP contribution >= 0.6 is 0 Å². The summed E-state index contributed by atoms with van der Waals surface area (Å²) in [6.07, 6.45) is -1.72. The largest absolute Gasteiger partial charge is 0.496 e. The molecule has 2 aromatic heterocycles. The Balaban J connectivity index is 1.67. The van der Waals surface area contributed by atoms with Gasteiger partial charge in [0, 0.05) is 23.6 Å². The van der Waals surface area contributed by atoms with E-state index in [4.69, 9.17) is 4.74 Å². The summed E-state index contributed by atoms with van der Waals surface area (Å²) in [7, 11) is 1.31. The third kappa shape index (κ3) is 4.29. The molecule has 0 radical (unpaired) electrons. The number of anilines is 2. The molecule has 0 bridgehead atoms.